The molecular formula is C51H74N2. The Morgan fingerprint density at radius 2 is 0.585 bits per heavy atom. The fourth-order valence-corrected chi connectivity index (χ4v) is 7.78. The van der Waals surface area contributed by atoms with Crippen molar-refractivity contribution in [3.05, 3.63) is 129 Å². The molecule has 0 atom stereocenters. The number of unbranched alkanes of at least 4 members (excludes halogenated alkanes) is 16. The molecule has 53 heavy (non-hydrogen) atoms. The molecule has 2 heteroatoms. The lowest BCUT2D eigenvalue weighted by Gasteiger charge is -2.09. The van der Waals surface area contributed by atoms with Crippen molar-refractivity contribution < 1.29 is 0 Å². The summed E-state index contributed by atoms with van der Waals surface area (Å²) >= 11 is 0. The van der Waals surface area contributed by atoms with Crippen LogP contribution in [0.15, 0.2) is 84.9 Å². The molecule has 4 rings (SSSR count). The fourth-order valence-electron chi connectivity index (χ4n) is 7.78. The summed E-state index contributed by atoms with van der Waals surface area (Å²) in [6.07, 6.45) is 32.4. The van der Waals surface area contributed by atoms with Gasteiger partial charge in [-0.3, -0.25) is 0 Å². The third kappa shape index (κ3) is 17.0. The molecule has 0 spiro atoms. The molecule has 0 bridgehead atoms. The standard InChI is InChI=1S/C51H74N2/c1-3-5-24-48-40-46(34-36-50(48)52)38-44-30-26-42(27-31-44)22-20-18-16-14-12-10-8-7-9-11-13-15-17-19-21-23-43-28-32-45(33-29-43)39-47-35-37-51(53)49(41-47)25-6-4-2/h26-37,40-41H,3-25,38-39,52-53H2,1-2H3. The summed E-state index contributed by atoms with van der Waals surface area (Å²) in [4.78, 5) is 0. The number of nitrogens with two attached hydrogens (primary N) is 2. The molecule has 4 aromatic rings. The first kappa shape index (κ1) is 42.2. The summed E-state index contributed by atoms with van der Waals surface area (Å²) in [5, 5.41) is 0. The molecule has 0 radical (unpaired) electrons. The van der Waals surface area contributed by atoms with Crippen LogP contribution in [0.1, 0.15) is 180 Å². The van der Waals surface area contributed by atoms with Crippen LogP contribution in [0, 0.1) is 0 Å². The van der Waals surface area contributed by atoms with Gasteiger partial charge >= 0.3 is 0 Å². The minimum atomic E-state index is 0.942. The zero-order chi connectivity index (χ0) is 37.4. The second-order valence-electron chi connectivity index (χ2n) is 16.1. The van der Waals surface area contributed by atoms with Crippen molar-refractivity contribution in [2.45, 2.75) is 174 Å². The number of aryl methyl sites for hydroxylation is 4. The van der Waals surface area contributed by atoms with Crippen LogP contribution in [0.4, 0.5) is 11.4 Å². The lowest BCUT2D eigenvalue weighted by molar-refractivity contribution is 0.530. The van der Waals surface area contributed by atoms with Crippen LogP contribution in [-0.4, -0.2) is 0 Å². The van der Waals surface area contributed by atoms with Crippen LogP contribution in [0.25, 0.3) is 0 Å². The Morgan fingerprint density at radius 1 is 0.302 bits per heavy atom. The lowest BCUT2D eigenvalue weighted by Crippen LogP contribution is -1.97. The topological polar surface area (TPSA) is 52.0 Å². The first-order valence-electron chi connectivity index (χ1n) is 21.9. The van der Waals surface area contributed by atoms with Crippen molar-refractivity contribution in [2.75, 3.05) is 11.5 Å². The van der Waals surface area contributed by atoms with Crippen molar-refractivity contribution in [2.24, 2.45) is 0 Å². The van der Waals surface area contributed by atoms with Gasteiger partial charge < -0.3 is 11.5 Å². The average Bonchev–Trinajstić information content (AvgIpc) is 3.17. The maximum absolute atomic E-state index is 6.21. The van der Waals surface area contributed by atoms with E-state index in [-0.39, 0.29) is 0 Å². The van der Waals surface area contributed by atoms with Gasteiger partial charge in [0.25, 0.3) is 0 Å². The predicted octanol–water partition coefficient (Wildman–Crippen LogP) is 14.4. The van der Waals surface area contributed by atoms with Gasteiger partial charge in [-0.05, 0) is 121 Å². The van der Waals surface area contributed by atoms with Crippen molar-refractivity contribution >= 4 is 11.4 Å². The van der Waals surface area contributed by atoms with E-state index in [2.05, 4.69) is 98.8 Å². The van der Waals surface area contributed by atoms with E-state index in [1.54, 1.807) is 0 Å². The van der Waals surface area contributed by atoms with E-state index in [9.17, 15) is 0 Å². The average molecular weight is 715 g/mol. The van der Waals surface area contributed by atoms with Crippen molar-refractivity contribution in [3.63, 3.8) is 0 Å². The van der Waals surface area contributed by atoms with Gasteiger partial charge in [-0.25, -0.2) is 0 Å². The van der Waals surface area contributed by atoms with Crippen molar-refractivity contribution in [3.8, 4) is 0 Å². The zero-order valence-electron chi connectivity index (χ0n) is 33.9. The molecule has 2 nitrogen and oxygen atoms in total. The van der Waals surface area contributed by atoms with Crippen LogP contribution >= 0.6 is 0 Å². The van der Waals surface area contributed by atoms with Gasteiger partial charge in [0, 0.05) is 11.4 Å². The molecule has 0 saturated carbocycles. The molecule has 0 unspecified atom stereocenters. The summed E-state index contributed by atoms with van der Waals surface area (Å²) in [5.41, 5.74) is 25.4. The van der Waals surface area contributed by atoms with Gasteiger partial charge in [0.05, 0.1) is 0 Å². The maximum atomic E-state index is 6.21. The Balaban J connectivity index is 0.920. The number of benzene rings is 4. The first-order valence-corrected chi connectivity index (χ1v) is 21.9. The largest absolute Gasteiger partial charge is 0.399 e. The van der Waals surface area contributed by atoms with E-state index < -0.39 is 0 Å². The number of nitrogen functional groups attached to an aromatic ring is 2. The smallest absolute Gasteiger partial charge is 0.0346 e. The van der Waals surface area contributed by atoms with Crippen LogP contribution in [0.3, 0.4) is 0 Å². The normalized spacial score (nSPS) is 11.4. The van der Waals surface area contributed by atoms with Crippen LogP contribution in [-0.2, 0) is 38.5 Å². The summed E-state index contributed by atoms with van der Waals surface area (Å²) < 4.78 is 0. The molecule has 0 fully saturated rings. The summed E-state index contributed by atoms with van der Waals surface area (Å²) in [5.74, 6) is 0. The highest BCUT2D eigenvalue weighted by Gasteiger charge is 2.05. The molecule has 0 heterocycles. The van der Waals surface area contributed by atoms with E-state index in [4.69, 9.17) is 11.5 Å². The Morgan fingerprint density at radius 3 is 0.906 bits per heavy atom. The Hall–Kier alpha value is -3.52. The molecule has 0 saturated heterocycles. The van der Waals surface area contributed by atoms with Gasteiger partial charge in [-0.15, -0.1) is 0 Å². The molecule has 0 aliphatic heterocycles. The van der Waals surface area contributed by atoms with E-state index in [1.807, 2.05) is 0 Å². The second kappa shape index (κ2) is 25.5. The number of rotatable bonds is 28. The highest BCUT2D eigenvalue weighted by molar-refractivity contribution is 5.50. The zero-order valence-corrected chi connectivity index (χ0v) is 33.9. The first-order chi connectivity index (χ1) is 26.0. The molecule has 0 aliphatic carbocycles. The molecule has 4 N–H and O–H groups in total. The third-order valence-electron chi connectivity index (χ3n) is 11.3. The van der Waals surface area contributed by atoms with Gasteiger partial charge in [0.15, 0.2) is 0 Å². The van der Waals surface area contributed by atoms with Gasteiger partial charge in [0.2, 0.25) is 0 Å². The van der Waals surface area contributed by atoms with Crippen LogP contribution in [0.2, 0.25) is 0 Å². The molecule has 0 aromatic heterocycles. The predicted molar refractivity (Wildman–Crippen MR) is 234 cm³/mol. The minimum absolute atomic E-state index is 0.942. The Kier molecular flexibility index (Phi) is 20.3. The monoisotopic (exact) mass is 715 g/mol. The van der Waals surface area contributed by atoms with Crippen molar-refractivity contribution in [1.29, 1.82) is 0 Å². The Bertz CT molecular complexity index is 1420. The lowest BCUT2D eigenvalue weighted by atomic mass is 9.97. The fraction of sp³-hybridized carbons (Fsp3) is 0.529. The third-order valence-corrected chi connectivity index (χ3v) is 11.3. The van der Waals surface area contributed by atoms with Crippen molar-refractivity contribution in [1.82, 2.24) is 0 Å². The molecular weight excluding hydrogens is 641 g/mol. The van der Waals surface area contributed by atoms with Gasteiger partial charge in [-0.1, -0.05) is 183 Å². The summed E-state index contributed by atoms with van der Waals surface area (Å²) in [6.45, 7) is 4.48. The number of hydrogen-bond donors (Lipinski definition) is 2. The van der Waals surface area contributed by atoms with Crippen LogP contribution < -0.4 is 11.5 Å². The highest BCUT2D eigenvalue weighted by Crippen LogP contribution is 2.22. The quantitative estimate of drug-likeness (QED) is 0.0454. The summed E-state index contributed by atoms with van der Waals surface area (Å²) in [7, 11) is 0. The second-order valence-corrected chi connectivity index (χ2v) is 16.1. The van der Waals surface area contributed by atoms with Gasteiger partial charge in [0.1, 0.15) is 0 Å². The number of anilines is 2. The molecule has 0 amide bonds. The van der Waals surface area contributed by atoms with E-state index >= 15 is 0 Å². The summed E-state index contributed by atoms with van der Waals surface area (Å²) in [6, 6.07) is 31.9. The minimum Gasteiger partial charge on any atom is -0.399 e. The van der Waals surface area contributed by atoms with E-state index in [0.717, 1.165) is 37.1 Å². The molecule has 288 valence electrons. The molecule has 4 aromatic carbocycles. The SMILES string of the molecule is CCCCc1cc(Cc2ccc(CCCCCCCCCCCCCCCCCc3ccc(Cc4ccc(N)c(CCCC)c4)cc3)cc2)ccc1N. The van der Waals surface area contributed by atoms with Gasteiger partial charge in [-0.2, -0.15) is 0 Å². The number of hydrogen-bond acceptors (Lipinski definition) is 2. The maximum Gasteiger partial charge on any atom is 0.0346 e. The van der Waals surface area contributed by atoms with Crippen LogP contribution in [0.5, 0.6) is 0 Å². The highest BCUT2D eigenvalue weighted by atomic mass is 14.6. The van der Waals surface area contributed by atoms with E-state index in [0.29, 0.717) is 0 Å². The van der Waals surface area contributed by atoms with E-state index in [1.165, 1.54) is 179 Å². The molecule has 0 aliphatic rings. The Labute approximate surface area is 325 Å².